The van der Waals surface area contributed by atoms with Crippen LogP contribution in [0.5, 0.6) is 0 Å². The highest BCUT2D eigenvalue weighted by molar-refractivity contribution is 7.99. The molecule has 0 aliphatic carbocycles. The topological polar surface area (TPSA) is 69.6 Å². The fraction of sp³-hybridized carbons (Fsp3) is 0.0714. The first-order chi connectivity index (χ1) is 10.3. The van der Waals surface area contributed by atoms with Crippen LogP contribution in [0, 0.1) is 5.82 Å². The molecule has 0 atom stereocenters. The van der Waals surface area contributed by atoms with Crippen molar-refractivity contribution < 1.29 is 4.39 Å². The number of nitrogens with zero attached hydrogens (tertiary/aromatic N) is 4. The lowest BCUT2D eigenvalue weighted by molar-refractivity contribution is 0.604. The Morgan fingerprint density at radius 2 is 1.90 bits per heavy atom. The van der Waals surface area contributed by atoms with E-state index in [2.05, 4.69) is 15.5 Å². The second-order valence-electron chi connectivity index (χ2n) is 4.23. The second kappa shape index (κ2) is 6.02. The van der Waals surface area contributed by atoms with Crippen molar-refractivity contribution in [3.8, 4) is 5.69 Å². The summed E-state index contributed by atoms with van der Waals surface area (Å²) < 4.78 is 15.4. The van der Waals surface area contributed by atoms with Gasteiger partial charge in [-0.2, -0.15) is 4.68 Å². The van der Waals surface area contributed by atoms with Gasteiger partial charge in [-0.25, -0.2) is 4.39 Å². The van der Waals surface area contributed by atoms with Crippen LogP contribution in [0.1, 0.15) is 5.56 Å². The maximum absolute atomic E-state index is 13.8. The van der Waals surface area contributed by atoms with Gasteiger partial charge in [0.2, 0.25) is 5.16 Å². The summed E-state index contributed by atoms with van der Waals surface area (Å²) in [5.41, 5.74) is 6.92. The maximum Gasteiger partial charge on any atom is 0.218 e. The van der Waals surface area contributed by atoms with Crippen molar-refractivity contribution in [2.24, 2.45) is 5.73 Å². The quantitative estimate of drug-likeness (QED) is 0.801. The summed E-state index contributed by atoms with van der Waals surface area (Å²) in [6, 6.07) is 14.4. The monoisotopic (exact) mass is 301 g/mol. The molecule has 0 fully saturated rings. The summed E-state index contributed by atoms with van der Waals surface area (Å²) >= 11 is 1.29. The van der Waals surface area contributed by atoms with Crippen LogP contribution in [-0.2, 0) is 6.54 Å². The van der Waals surface area contributed by atoms with Crippen molar-refractivity contribution in [2.45, 2.75) is 16.6 Å². The average molecular weight is 301 g/mol. The molecule has 2 N–H and O–H groups in total. The summed E-state index contributed by atoms with van der Waals surface area (Å²) in [5.74, 6) is -0.318. The van der Waals surface area contributed by atoms with Gasteiger partial charge in [0.15, 0.2) is 0 Å². The van der Waals surface area contributed by atoms with Gasteiger partial charge >= 0.3 is 0 Å². The Morgan fingerprint density at radius 1 is 1.10 bits per heavy atom. The number of rotatable bonds is 4. The lowest BCUT2D eigenvalue weighted by Gasteiger charge is -2.08. The molecule has 0 saturated carbocycles. The van der Waals surface area contributed by atoms with Crippen LogP contribution in [0.3, 0.4) is 0 Å². The van der Waals surface area contributed by atoms with Crippen molar-refractivity contribution in [2.75, 3.05) is 0 Å². The van der Waals surface area contributed by atoms with Crippen LogP contribution in [0.15, 0.2) is 58.6 Å². The van der Waals surface area contributed by atoms with E-state index in [1.54, 1.807) is 16.8 Å². The van der Waals surface area contributed by atoms with E-state index in [4.69, 9.17) is 5.73 Å². The third-order valence-electron chi connectivity index (χ3n) is 2.92. The number of aromatic nitrogens is 4. The van der Waals surface area contributed by atoms with Gasteiger partial charge in [-0.3, -0.25) is 0 Å². The molecule has 0 saturated heterocycles. The molecule has 0 spiro atoms. The summed E-state index contributed by atoms with van der Waals surface area (Å²) in [6.45, 7) is 0.127. The summed E-state index contributed by atoms with van der Waals surface area (Å²) in [5, 5.41) is 12.2. The Morgan fingerprint density at radius 3 is 2.67 bits per heavy atom. The van der Waals surface area contributed by atoms with Crippen molar-refractivity contribution >= 4 is 11.8 Å². The zero-order valence-corrected chi connectivity index (χ0v) is 11.8. The lowest BCUT2D eigenvalue weighted by Crippen LogP contribution is -2.03. The number of hydrogen-bond acceptors (Lipinski definition) is 5. The molecular formula is C14H12FN5S. The highest BCUT2D eigenvalue weighted by Gasteiger charge is 2.14. The van der Waals surface area contributed by atoms with Gasteiger partial charge in [0.25, 0.3) is 0 Å². The first kappa shape index (κ1) is 13.7. The molecule has 0 aliphatic heterocycles. The fourth-order valence-corrected chi connectivity index (χ4v) is 2.86. The van der Waals surface area contributed by atoms with E-state index >= 15 is 0 Å². The predicted molar refractivity (Wildman–Crippen MR) is 77.6 cm³/mol. The lowest BCUT2D eigenvalue weighted by atomic mass is 10.2. The molecule has 7 heteroatoms. The normalized spacial score (nSPS) is 10.8. The van der Waals surface area contributed by atoms with E-state index in [9.17, 15) is 4.39 Å². The third kappa shape index (κ3) is 2.79. The predicted octanol–water partition coefficient (Wildman–Crippen LogP) is 2.41. The Balaban J connectivity index is 1.98. The molecule has 1 aromatic heterocycles. The first-order valence-corrected chi connectivity index (χ1v) is 7.10. The summed E-state index contributed by atoms with van der Waals surface area (Å²) in [4.78, 5) is 0.712. The average Bonchev–Trinajstić information content (AvgIpc) is 2.97. The summed E-state index contributed by atoms with van der Waals surface area (Å²) in [7, 11) is 0. The maximum atomic E-state index is 13.8. The van der Waals surface area contributed by atoms with Gasteiger partial charge in [0.05, 0.1) is 5.69 Å². The minimum Gasteiger partial charge on any atom is -0.326 e. The fourth-order valence-electron chi connectivity index (χ4n) is 1.90. The highest BCUT2D eigenvalue weighted by atomic mass is 32.2. The van der Waals surface area contributed by atoms with Gasteiger partial charge in [-0.1, -0.05) is 24.3 Å². The minimum atomic E-state index is -0.318. The van der Waals surface area contributed by atoms with E-state index in [0.29, 0.717) is 15.6 Å². The Labute approximate surface area is 125 Å². The van der Waals surface area contributed by atoms with Gasteiger partial charge in [0, 0.05) is 17.0 Å². The Kier molecular flexibility index (Phi) is 3.94. The van der Waals surface area contributed by atoms with Gasteiger partial charge < -0.3 is 5.73 Å². The SMILES string of the molecule is NCc1c(F)cccc1Sc1nnnn1-c1ccccc1. The number of tetrazole rings is 1. The Bertz CT molecular complexity index is 744. The van der Waals surface area contributed by atoms with Gasteiger partial charge in [-0.05, 0) is 46.5 Å². The zero-order chi connectivity index (χ0) is 14.7. The molecule has 0 bridgehead atoms. The third-order valence-corrected chi connectivity index (χ3v) is 3.96. The van der Waals surface area contributed by atoms with E-state index in [0.717, 1.165) is 5.69 Å². The first-order valence-electron chi connectivity index (χ1n) is 6.28. The largest absolute Gasteiger partial charge is 0.326 e. The van der Waals surface area contributed by atoms with Crippen LogP contribution in [-0.4, -0.2) is 20.2 Å². The number of hydrogen-bond donors (Lipinski definition) is 1. The second-order valence-corrected chi connectivity index (χ2v) is 5.24. The van der Waals surface area contributed by atoms with Crippen LogP contribution in [0.2, 0.25) is 0 Å². The number of halogens is 1. The van der Waals surface area contributed by atoms with E-state index in [-0.39, 0.29) is 12.4 Å². The van der Waals surface area contributed by atoms with Crippen molar-refractivity contribution in [1.82, 2.24) is 20.2 Å². The molecule has 3 aromatic rings. The van der Waals surface area contributed by atoms with E-state index in [1.807, 2.05) is 30.3 Å². The molecule has 1 heterocycles. The molecule has 0 amide bonds. The van der Waals surface area contributed by atoms with Gasteiger partial charge in [0.1, 0.15) is 5.82 Å². The molecule has 5 nitrogen and oxygen atoms in total. The van der Waals surface area contributed by atoms with Crippen molar-refractivity contribution in [3.63, 3.8) is 0 Å². The van der Waals surface area contributed by atoms with E-state index < -0.39 is 0 Å². The number of benzene rings is 2. The smallest absolute Gasteiger partial charge is 0.218 e. The highest BCUT2D eigenvalue weighted by Crippen LogP contribution is 2.30. The van der Waals surface area contributed by atoms with Crippen LogP contribution in [0.25, 0.3) is 5.69 Å². The van der Waals surface area contributed by atoms with E-state index in [1.165, 1.54) is 17.8 Å². The summed E-state index contributed by atoms with van der Waals surface area (Å²) in [6.07, 6.45) is 0. The van der Waals surface area contributed by atoms with Crippen molar-refractivity contribution in [1.29, 1.82) is 0 Å². The number of nitrogens with two attached hydrogens (primary N) is 1. The molecule has 21 heavy (non-hydrogen) atoms. The molecular weight excluding hydrogens is 289 g/mol. The molecule has 106 valence electrons. The molecule has 3 rings (SSSR count). The number of para-hydroxylation sites is 1. The minimum absolute atomic E-state index is 0.127. The molecule has 0 radical (unpaired) electrons. The molecule has 2 aromatic carbocycles. The van der Waals surface area contributed by atoms with Crippen LogP contribution < -0.4 is 5.73 Å². The molecule has 0 aliphatic rings. The van der Waals surface area contributed by atoms with Gasteiger partial charge in [-0.15, -0.1) is 5.10 Å². The van der Waals surface area contributed by atoms with Crippen LogP contribution in [0.4, 0.5) is 4.39 Å². The standard InChI is InChI=1S/C14H12FN5S/c15-12-7-4-8-13(11(12)9-16)21-14-17-18-19-20(14)10-5-2-1-3-6-10/h1-8H,9,16H2. The Hall–Kier alpha value is -2.25. The van der Waals surface area contributed by atoms with Crippen molar-refractivity contribution in [3.05, 3.63) is 59.9 Å². The zero-order valence-electron chi connectivity index (χ0n) is 11.0. The van der Waals surface area contributed by atoms with Crippen LogP contribution >= 0.6 is 11.8 Å². The molecule has 0 unspecified atom stereocenters.